The minimum atomic E-state index is -0.318. The lowest BCUT2D eigenvalue weighted by molar-refractivity contribution is -0.127. The van der Waals surface area contributed by atoms with Crippen LogP contribution in [0.5, 0.6) is 0 Å². The van der Waals surface area contributed by atoms with Gasteiger partial charge < -0.3 is 9.88 Å². The Labute approximate surface area is 155 Å². The Morgan fingerprint density at radius 3 is 2.52 bits per heavy atom. The second-order valence-corrected chi connectivity index (χ2v) is 7.26. The molecule has 4 nitrogen and oxygen atoms in total. The molecule has 2 heterocycles. The first-order valence-corrected chi connectivity index (χ1v) is 9.61. The second-order valence-electron chi connectivity index (χ2n) is 5.97. The molecule has 1 aromatic heterocycles. The van der Waals surface area contributed by atoms with E-state index in [1.165, 1.54) is 4.90 Å². The van der Waals surface area contributed by atoms with Crippen LogP contribution in [0.15, 0.2) is 52.2 Å². The molecule has 1 N–H and O–H groups in total. The maximum atomic E-state index is 11.9. The summed E-state index contributed by atoms with van der Waals surface area (Å²) < 4.78 is 0. The number of nitrogens with one attached hydrogen (secondary N) is 1. The van der Waals surface area contributed by atoms with Gasteiger partial charge >= 0.3 is 0 Å². The van der Waals surface area contributed by atoms with Crippen LogP contribution in [0.1, 0.15) is 24.1 Å². The van der Waals surface area contributed by atoms with E-state index in [9.17, 15) is 9.59 Å². The summed E-state index contributed by atoms with van der Waals surface area (Å²) in [7, 11) is 1.82. The molecule has 0 saturated carbocycles. The van der Waals surface area contributed by atoms with E-state index in [2.05, 4.69) is 11.1 Å². The highest BCUT2D eigenvalue weighted by Gasteiger charge is 2.26. The van der Waals surface area contributed by atoms with E-state index in [0.717, 1.165) is 17.6 Å². The first kappa shape index (κ1) is 17.8. The van der Waals surface area contributed by atoms with Gasteiger partial charge in [0, 0.05) is 29.6 Å². The highest BCUT2D eigenvalue weighted by molar-refractivity contribution is 7.98. The van der Waals surface area contributed by atoms with Gasteiger partial charge in [0.05, 0.1) is 6.04 Å². The third-order valence-electron chi connectivity index (χ3n) is 4.46. The Balaban J connectivity index is 2.08. The van der Waals surface area contributed by atoms with E-state index < -0.39 is 0 Å². The predicted octanol–water partition coefficient (Wildman–Crippen LogP) is 3.80. The third kappa shape index (κ3) is 3.83. The number of likely N-dealkylation sites (N-methyl/N-ethyl adjacent to an activating group) is 1. The number of likely N-dealkylation sites (tertiary alicyclic amines) is 1. The number of halogens is 1. The van der Waals surface area contributed by atoms with Gasteiger partial charge in [0.25, 0.3) is 5.56 Å². The summed E-state index contributed by atoms with van der Waals surface area (Å²) in [6, 6.07) is 11.6. The maximum Gasteiger partial charge on any atom is 0.267 e. The van der Waals surface area contributed by atoms with Crippen molar-refractivity contribution >= 4 is 34.8 Å². The van der Waals surface area contributed by atoms with Crippen LogP contribution in [0.2, 0.25) is 5.02 Å². The molecule has 25 heavy (non-hydrogen) atoms. The van der Waals surface area contributed by atoms with Gasteiger partial charge in [-0.3, -0.25) is 9.59 Å². The fourth-order valence-corrected chi connectivity index (χ4v) is 3.46. The Kier molecular flexibility index (Phi) is 5.35. The number of aromatic amines is 1. The molecule has 1 aliphatic heterocycles. The SMILES string of the molecule is CSc1ccc(/C(=C\[C@H]2CCC(=O)N2C)c2ccc(Cl)c(=O)[nH]2)cc1. The van der Waals surface area contributed by atoms with Gasteiger partial charge in [-0.25, -0.2) is 0 Å². The number of amides is 1. The molecule has 1 aliphatic rings. The average Bonchev–Trinajstić information content (AvgIpc) is 2.94. The third-order valence-corrected chi connectivity index (χ3v) is 5.50. The van der Waals surface area contributed by atoms with E-state index in [-0.39, 0.29) is 22.5 Å². The number of nitrogens with zero attached hydrogens (tertiary/aromatic N) is 1. The normalized spacial score (nSPS) is 18.0. The van der Waals surface area contributed by atoms with Crippen LogP contribution in [0, 0.1) is 0 Å². The topological polar surface area (TPSA) is 53.2 Å². The summed E-state index contributed by atoms with van der Waals surface area (Å²) in [6.07, 6.45) is 5.41. The highest BCUT2D eigenvalue weighted by Crippen LogP contribution is 2.28. The van der Waals surface area contributed by atoms with Gasteiger partial charge in [0.2, 0.25) is 5.91 Å². The number of carbonyl (C=O) groups excluding carboxylic acids is 1. The zero-order valence-electron chi connectivity index (χ0n) is 14.1. The van der Waals surface area contributed by atoms with Crippen LogP contribution in [0.3, 0.4) is 0 Å². The molecule has 0 spiro atoms. The van der Waals surface area contributed by atoms with Crippen LogP contribution < -0.4 is 5.56 Å². The van der Waals surface area contributed by atoms with Crippen molar-refractivity contribution in [3.8, 4) is 0 Å². The quantitative estimate of drug-likeness (QED) is 0.828. The van der Waals surface area contributed by atoms with Gasteiger partial charge in [-0.05, 0) is 42.5 Å². The number of hydrogen-bond acceptors (Lipinski definition) is 3. The van der Waals surface area contributed by atoms with Crippen molar-refractivity contribution in [2.75, 3.05) is 13.3 Å². The predicted molar refractivity (Wildman–Crippen MR) is 103 cm³/mol. The number of carbonyl (C=O) groups is 1. The number of thioether (sulfide) groups is 1. The molecule has 6 heteroatoms. The van der Waals surface area contributed by atoms with Crippen molar-refractivity contribution in [1.82, 2.24) is 9.88 Å². The zero-order chi connectivity index (χ0) is 18.0. The largest absolute Gasteiger partial charge is 0.339 e. The molecule has 0 bridgehead atoms. The number of H-pyrrole nitrogens is 1. The summed E-state index contributed by atoms with van der Waals surface area (Å²) in [5.74, 6) is 0.142. The number of aromatic nitrogens is 1. The van der Waals surface area contributed by atoms with Gasteiger partial charge in [-0.15, -0.1) is 11.8 Å². The van der Waals surface area contributed by atoms with Gasteiger partial charge in [0.1, 0.15) is 5.02 Å². The molecule has 0 radical (unpaired) electrons. The highest BCUT2D eigenvalue weighted by atomic mass is 35.5. The fraction of sp³-hybridized carbons (Fsp3) is 0.263. The van der Waals surface area contributed by atoms with Crippen LogP contribution >= 0.6 is 23.4 Å². The van der Waals surface area contributed by atoms with Crippen molar-refractivity contribution < 1.29 is 4.79 Å². The van der Waals surface area contributed by atoms with Crippen molar-refractivity contribution in [3.63, 3.8) is 0 Å². The first-order chi connectivity index (χ1) is 12.0. The Bertz CT molecular complexity index is 874. The molecule has 1 fully saturated rings. The Morgan fingerprint density at radius 2 is 1.96 bits per heavy atom. The molecule has 3 rings (SSSR count). The zero-order valence-corrected chi connectivity index (χ0v) is 15.7. The minimum Gasteiger partial charge on any atom is -0.339 e. The van der Waals surface area contributed by atoms with Crippen LogP contribution in [-0.2, 0) is 4.79 Å². The summed E-state index contributed by atoms with van der Waals surface area (Å²) >= 11 is 7.54. The molecule has 130 valence electrons. The van der Waals surface area contributed by atoms with Crippen LogP contribution in [-0.4, -0.2) is 35.1 Å². The van der Waals surface area contributed by atoms with Gasteiger partial charge in [-0.1, -0.05) is 29.8 Å². The van der Waals surface area contributed by atoms with Gasteiger partial charge in [0.15, 0.2) is 0 Å². The number of pyridine rings is 1. The number of rotatable bonds is 4. The smallest absolute Gasteiger partial charge is 0.267 e. The number of benzene rings is 1. The molecule has 2 aromatic rings. The Morgan fingerprint density at radius 1 is 1.24 bits per heavy atom. The molecule has 1 saturated heterocycles. The van der Waals surface area contributed by atoms with E-state index in [1.807, 2.05) is 37.6 Å². The second kappa shape index (κ2) is 7.50. The summed E-state index contributed by atoms with van der Waals surface area (Å²) in [5.41, 5.74) is 2.26. The van der Waals surface area contributed by atoms with E-state index in [0.29, 0.717) is 12.1 Å². The standard InChI is InChI=1S/C19H19ClN2O2S/c1-22-13(5-10-18(22)23)11-15(12-3-6-14(25-2)7-4-12)17-9-8-16(20)19(24)21-17/h3-4,6-9,11,13H,5,10H2,1-2H3,(H,21,24)/b15-11+/t13-/m1/s1. The first-order valence-electron chi connectivity index (χ1n) is 8.00. The molecule has 1 amide bonds. The lowest BCUT2D eigenvalue weighted by Crippen LogP contribution is -2.27. The summed E-state index contributed by atoms with van der Waals surface area (Å²) in [5, 5.41) is 0.161. The number of hydrogen-bond donors (Lipinski definition) is 1. The van der Waals surface area contributed by atoms with Gasteiger partial charge in [-0.2, -0.15) is 0 Å². The van der Waals surface area contributed by atoms with E-state index >= 15 is 0 Å². The van der Waals surface area contributed by atoms with Crippen molar-refractivity contribution in [3.05, 3.63) is 69.1 Å². The molecule has 0 aliphatic carbocycles. The summed E-state index contributed by atoms with van der Waals surface area (Å²) in [4.78, 5) is 29.5. The van der Waals surface area contributed by atoms with E-state index in [4.69, 9.17) is 11.6 Å². The maximum absolute atomic E-state index is 11.9. The molecular formula is C19H19ClN2O2S. The van der Waals surface area contributed by atoms with Crippen molar-refractivity contribution in [2.24, 2.45) is 0 Å². The average molecular weight is 375 g/mol. The summed E-state index contributed by atoms with van der Waals surface area (Å²) in [6.45, 7) is 0. The molecule has 1 atom stereocenters. The molecule has 0 unspecified atom stereocenters. The van der Waals surface area contributed by atoms with Crippen LogP contribution in [0.4, 0.5) is 0 Å². The van der Waals surface area contributed by atoms with Crippen molar-refractivity contribution in [2.45, 2.75) is 23.8 Å². The minimum absolute atomic E-state index is 0.0157. The molecular weight excluding hydrogens is 356 g/mol. The van der Waals surface area contributed by atoms with Crippen molar-refractivity contribution in [1.29, 1.82) is 0 Å². The monoisotopic (exact) mass is 374 g/mol. The Hall–Kier alpha value is -1.98. The fourth-order valence-electron chi connectivity index (χ4n) is 2.94. The van der Waals surface area contributed by atoms with Crippen LogP contribution in [0.25, 0.3) is 5.57 Å². The van der Waals surface area contributed by atoms with E-state index in [1.54, 1.807) is 28.8 Å². The molecule has 1 aromatic carbocycles. The lowest BCUT2D eigenvalue weighted by Gasteiger charge is -2.19. The lowest BCUT2D eigenvalue weighted by atomic mass is 9.99.